The SMILES string of the molecule is C#CC(=O)Nc1cccc(-c2cc(N)c(N3CCN(C(=O)CCOC)[C@H](C)C3)nc2C2CC2)c1. The van der Waals surface area contributed by atoms with Crippen molar-refractivity contribution in [1.82, 2.24) is 9.88 Å². The summed E-state index contributed by atoms with van der Waals surface area (Å²) >= 11 is 0. The molecule has 1 atom stereocenters. The van der Waals surface area contributed by atoms with Gasteiger partial charge >= 0.3 is 0 Å². The van der Waals surface area contributed by atoms with Crippen LogP contribution >= 0.6 is 0 Å². The van der Waals surface area contributed by atoms with Crippen molar-refractivity contribution in [1.29, 1.82) is 0 Å². The molecule has 2 aliphatic rings. The number of carbonyl (C=O) groups excluding carboxylic acids is 2. The molecule has 0 spiro atoms. The summed E-state index contributed by atoms with van der Waals surface area (Å²) in [6.07, 6.45) is 7.76. The minimum atomic E-state index is -0.485. The van der Waals surface area contributed by atoms with Gasteiger partial charge in [0.25, 0.3) is 5.91 Å². The van der Waals surface area contributed by atoms with Crippen molar-refractivity contribution in [2.45, 2.75) is 38.1 Å². The number of nitrogen functional groups attached to an aromatic ring is 1. The lowest BCUT2D eigenvalue weighted by Gasteiger charge is -2.41. The number of ether oxygens (including phenoxy) is 1. The van der Waals surface area contributed by atoms with Crippen molar-refractivity contribution in [3.05, 3.63) is 36.0 Å². The van der Waals surface area contributed by atoms with Crippen LogP contribution in [0.25, 0.3) is 11.1 Å². The van der Waals surface area contributed by atoms with Crippen molar-refractivity contribution >= 4 is 29.0 Å². The number of hydrogen-bond acceptors (Lipinski definition) is 6. The second kappa shape index (κ2) is 10.1. The van der Waals surface area contributed by atoms with Crippen LogP contribution in [0.4, 0.5) is 17.2 Å². The number of methoxy groups -OCH3 is 1. The Labute approximate surface area is 200 Å². The largest absolute Gasteiger partial charge is 0.396 e. The number of anilines is 3. The number of rotatable bonds is 7. The minimum absolute atomic E-state index is 0.0554. The second-order valence-electron chi connectivity index (χ2n) is 8.91. The number of terminal acetylenes is 1. The first-order chi connectivity index (χ1) is 16.4. The van der Waals surface area contributed by atoms with Crippen molar-refractivity contribution in [2.24, 2.45) is 0 Å². The Kier molecular flexibility index (Phi) is 7.03. The van der Waals surface area contributed by atoms with E-state index in [0.717, 1.165) is 35.5 Å². The van der Waals surface area contributed by atoms with Gasteiger partial charge in [-0.15, -0.1) is 6.42 Å². The molecule has 1 aromatic carbocycles. The van der Waals surface area contributed by atoms with E-state index in [0.29, 0.717) is 50.0 Å². The standard InChI is InChI=1S/C26H31N5O3/c1-4-23(32)28-20-7-5-6-19(14-20)21-15-22(27)26(29-25(21)18-8-9-18)30-11-12-31(17(2)16-30)24(33)10-13-34-3/h1,5-7,14-15,17-18H,8-13,16,27H2,2-3H3,(H,28,32)/t17-/m1/s1. The van der Waals surface area contributed by atoms with Crippen molar-refractivity contribution in [3.8, 4) is 23.5 Å². The molecule has 2 amide bonds. The summed E-state index contributed by atoms with van der Waals surface area (Å²) in [5.74, 6) is 2.87. The summed E-state index contributed by atoms with van der Waals surface area (Å²) in [6.45, 7) is 4.46. The van der Waals surface area contributed by atoms with Crippen LogP contribution in [-0.4, -0.2) is 61.1 Å². The molecule has 0 radical (unpaired) electrons. The molecule has 34 heavy (non-hydrogen) atoms. The zero-order valence-corrected chi connectivity index (χ0v) is 19.7. The van der Waals surface area contributed by atoms with Crippen LogP contribution in [0.3, 0.4) is 0 Å². The number of hydrogen-bond donors (Lipinski definition) is 2. The van der Waals surface area contributed by atoms with E-state index in [-0.39, 0.29) is 11.9 Å². The molecule has 3 N–H and O–H groups in total. The summed E-state index contributed by atoms with van der Waals surface area (Å²) in [6, 6.07) is 9.60. The lowest BCUT2D eigenvalue weighted by atomic mass is 9.99. The van der Waals surface area contributed by atoms with Crippen LogP contribution in [0.15, 0.2) is 30.3 Å². The predicted molar refractivity (Wildman–Crippen MR) is 133 cm³/mol. The van der Waals surface area contributed by atoms with E-state index in [1.165, 1.54) is 0 Å². The first-order valence-electron chi connectivity index (χ1n) is 11.6. The number of carbonyl (C=O) groups is 2. The number of benzene rings is 1. The summed E-state index contributed by atoms with van der Waals surface area (Å²) in [5.41, 5.74) is 10.7. The molecule has 2 fully saturated rings. The van der Waals surface area contributed by atoms with Gasteiger partial charge in [0, 0.05) is 50.0 Å². The fourth-order valence-corrected chi connectivity index (χ4v) is 4.47. The number of pyridine rings is 1. The predicted octanol–water partition coefficient (Wildman–Crippen LogP) is 2.85. The number of nitrogens with zero attached hydrogens (tertiary/aromatic N) is 3. The van der Waals surface area contributed by atoms with Crippen LogP contribution < -0.4 is 16.0 Å². The normalized spacial score (nSPS) is 17.9. The van der Waals surface area contributed by atoms with Gasteiger partial charge in [-0.05, 0) is 49.4 Å². The maximum atomic E-state index is 12.5. The number of aromatic nitrogens is 1. The lowest BCUT2D eigenvalue weighted by molar-refractivity contribution is -0.134. The molecule has 8 heteroatoms. The lowest BCUT2D eigenvalue weighted by Crippen LogP contribution is -2.54. The molecule has 1 aromatic heterocycles. The first-order valence-corrected chi connectivity index (χ1v) is 11.6. The molecule has 178 valence electrons. The van der Waals surface area contributed by atoms with Gasteiger partial charge in [0.05, 0.1) is 24.4 Å². The number of nitrogens with one attached hydrogen (secondary N) is 1. The Morgan fingerprint density at radius 2 is 2.09 bits per heavy atom. The molecule has 2 aromatic rings. The van der Waals surface area contributed by atoms with E-state index in [2.05, 4.69) is 23.1 Å². The molecule has 0 bridgehead atoms. The van der Waals surface area contributed by atoms with E-state index >= 15 is 0 Å². The second-order valence-corrected chi connectivity index (χ2v) is 8.91. The van der Waals surface area contributed by atoms with Crippen LogP contribution in [0.1, 0.15) is 37.8 Å². The number of amides is 2. The van der Waals surface area contributed by atoms with E-state index < -0.39 is 5.91 Å². The Morgan fingerprint density at radius 3 is 2.76 bits per heavy atom. The Morgan fingerprint density at radius 1 is 1.29 bits per heavy atom. The van der Waals surface area contributed by atoms with Crippen molar-refractivity contribution in [3.63, 3.8) is 0 Å². The van der Waals surface area contributed by atoms with E-state index in [1.54, 1.807) is 13.2 Å². The maximum Gasteiger partial charge on any atom is 0.300 e. The zero-order valence-electron chi connectivity index (χ0n) is 19.7. The van der Waals surface area contributed by atoms with Crippen molar-refractivity contribution < 1.29 is 14.3 Å². The highest BCUT2D eigenvalue weighted by molar-refractivity contribution is 6.03. The minimum Gasteiger partial charge on any atom is -0.396 e. The Bertz CT molecular complexity index is 1120. The molecule has 0 unspecified atom stereocenters. The summed E-state index contributed by atoms with van der Waals surface area (Å²) in [4.78, 5) is 33.3. The topological polar surface area (TPSA) is 101 Å². The van der Waals surface area contributed by atoms with Gasteiger partial charge in [-0.3, -0.25) is 9.59 Å². The first kappa shape index (κ1) is 23.6. The molecule has 4 rings (SSSR count). The number of piperazine rings is 1. The summed E-state index contributed by atoms with van der Waals surface area (Å²) in [5, 5.41) is 2.70. The molecular weight excluding hydrogens is 430 g/mol. The van der Waals surface area contributed by atoms with Crippen LogP contribution in [0.2, 0.25) is 0 Å². The smallest absolute Gasteiger partial charge is 0.300 e. The van der Waals surface area contributed by atoms with Gasteiger partial charge in [0.1, 0.15) is 0 Å². The van der Waals surface area contributed by atoms with Gasteiger partial charge in [-0.1, -0.05) is 12.1 Å². The zero-order chi connectivity index (χ0) is 24.2. The quantitative estimate of drug-likeness (QED) is 0.615. The van der Waals surface area contributed by atoms with Gasteiger partial charge in [-0.2, -0.15) is 0 Å². The van der Waals surface area contributed by atoms with Gasteiger partial charge < -0.3 is 25.6 Å². The average molecular weight is 462 g/mol. The molecule has 8 nitrogen and oxygen atoms in total. The van der Waals surface area contributed by atoms with Crippen LogP contribution in [0.5, 0.6) is 0 Å². The van der Waals surface area contributed by atoms with Crippen LogP contribution in [0, 0.1) is 12.3 Å². The monoisotopic (exact) mass is 461 g/mol. The summed E-state index contributed by atoms with van der Waals surface area (Å²) in [7, 11) is 1.61. The molecule has 2 heterocycles. The van der Waals surface area contributed by atoms with E-state index in [4.69, 9.17) is 21.9 Å². The van der Waals surface area contributed by atoms with Gasteiger partial charge in [0.2, 0.25) is 5.91 Å². The maximum absolute atomic E-state index is 12.5. The van der Waals surface area contributed by atoms with Crippen LogP contribution in [-0.2, 0) is 14.3 Å². The van der Waals surface area contributed by atoms with E-state index in [1.807, 2.05) is 29.2 Å². The number of nitrogens with two attached hydrogens (primary N) is 1. The highest BCUT2D eigenvalue weighted by Crippen LogP contribution is 2.45. The highest BCUT2D eigenvalue weighted by atomic mass is 16.5. The Balaban J connectivity index is 1.59. The third-order valence-electron chi connectivity index (χ3n) is 6.35. The van der Waals surface area contributed by atoms with Gasteiger partial charge in [-0.25, -0.2) is 4.98 Å². The highest BCUT2D eigenvalue weighted by Gasteiger charge is 2.32. The molecule has 1 aliphatic carbocycles. The fraction of sp³-hybridized carbons (Fsp3) is 0.423. The molecule has 1 saturated carbocycles. The Hall–Kier alpha value is -3.57. The third kappa shape index (κ3) is 5.15. The molecule has 1 saturated heterocycles. The fourth-order valence-electron chi connectivity index (χ4n) is 4.47. The van der Waals surface area contributed by atoms with Crippen molar-refractivity contribution in [2.75, 3.05) is 49.3 Å². The van der Waals surface area contributed by atoms with E-state index in [9.17, 15) is 9.59 Å². The third-order valence-corrected chi connectivity index (χ3v) is 6.35. The summed E-state index contributed by atoms with van der Waals surface area (Å²) < 4.78 is 5.05. The van der Waals surface area contributed by atoms with Gasteiger partial charge in [0.15, 0.2) is 5.82 Å². The average Bonchev–Trinajstić information content (AvgIpc) is 3.67. The molecule has 1 aliphatic heterocycles. The molecular formula is C26H31N5O3.